The van der Waals surface area contributed by atoms with Crippen molar-refractivity contribution in [1.29, 1.82) is 0 Å². The number of fused-ring (bicyclic) bond motifs is 5. The van der Waals surface area contributed by atoms with Gasteiger partial charge in [-0.05, 0) is 46.7 Å². The van der Waals surface area contributed by atoms with Crippen molar-refractivity contribution in [3.05, 3.63) is 106 Å². The second kappa shape index (κ2) is 8.32. The van der Waals surface area contributed by atoms with Crippen LogP contribution < -0.4 is 0 Å². The number of hydrogen-bond acceptors (Lipinski definition) is 4. The molecule has 1 fully saturated rings. The molecule has 1 heterocycles. The quantitative estimate of drug-likeness (QED) is 0.161. The zero-order valence-corrected chi connectivity index (χ0v) is 19.9. The molecule has 2 aliphatic rings. The van der Waals surface area contributed by atoms with Gasteiger partial charge in [0.05, 0.1) is 4.92 Å². The normalized spacial score (nSPS) is 22.9. The summed E-state index contributed by atoms with van der Waals surface area (Å²) in [5.41, 5.74) is 5.52. The lowest BCUT2D eigenvalue weighted by Gasteiger charge is -2.19. The molecule has 6 rings (SSSR count). The zero-order chi connectivity index (χ0) is 22.5. The van der Waals surface area contributed by atoms with Crippen LogP contribution >= 0.6 is 34.7 Å². The van der Waals surface area contributed by atoms with Crippen LogP contribution in [0.25, 0.3) is 20.9 Å². The maximum Gasteiger partial charge on any atom is 0.269 e. The number of halogens is 1. The summed E-state index contributed by atoms with van der Waals surface area (Å²) in [6.07, 6.45) is 0.967. The molecule has 0 N–H and O–H groups in total. The van der Waals surface area contributed by atoms with E-state index < -0.39 is 0 Å². The van der Waals surface area contributed by atoms with Gasteiger partial charge in [-0.25, -0.2) is 0 Å². The van der Waals surface area contributed by atoms with Crippen molar-refractivity contribution in [3.8, 4) is 20.9 Å². The molecule has 3 nitrogen and oxygen atoms in total. The molecule has 0 amide bonds. The Morgan fingerprint density at radius 3 is 2.00 bits per heavy atom. The second-order valence-corrected chi connectivity index (χ2v) is 11.4. The first kappa shape index (κ1) is 21.0. The van der Waals surface area contributed by atoms with Crippen LogP contribution in [0.2, 0.25) is 0 Å². The third-order valence-electron chi connectivity index (χ3n) is 6.70. The van der Waals surface area contributed by atoms with Gasteiger partial charge in [0.15, 0.2) is 0 Å². The van der Waals surface area contributed by atoms with Gasteiger partial charge < -0.3 is 0 Å². The molecule has 1 unspecified atom stereocenters. The molecular weight excluding hydrogens is 470 g/mol. The van der Waals surface area contributed by atoms with E-state index in [1.807, 2.05) is 35.2 Å². The Balaban J connectivity index is 1.45. The van der Waals surface area contributed by atoms with Gasteiger partial charge in [-0.3, -0.25) is 10.1 Å². The third-order valence-corrected chi connectivity index (χ3v) is 9.91. The van der Waals surface area contributed by atoms with Gasteiger partial charge >= 0.3 is 0 Å². The highest BCUT2D eigenvalue weighted by Gasteiger charge is 2.54. The van der Waals surface area contributed by atoms with E-state index in [2.05, 4.69) is 60.7 Å². The van der Waals surface area contributed by atoms with Gasteiger partial charge in [0.25, 0.3) is 5.69 Å². The summed E-state index contributed by atoms with van der Waals surface area (Å²) in [5.74, 6) is 0.632. The largest absolute Gasteiger partial charge is 0.269 e. The van der Waals surface area contributed by atoms with Crippen molar-refractivity contribution in [3.63, 3.8) is 0 Å². The summed E-state index contributed by atoms with van der Waals surface area (Å²) in [6.45, 7) is 0. The van der Waals surface area contributed by atoms with Crippen LogP contribution in [0.15, 0.2) is 89.8 Å². The van der Waals surface area contributed by atoms with Crippen LogP contribution in [0.5, 0.6) is 0 Å². The molecular formula is C27H20ClNO2S2. The van der Waals surface area contributed by atoms with Crippen molar-refractivity contribution < 1.29 is 4.92 Å². The fraction of sp³-hybridized carbons (Fsp3) is 0.185. The number of rotatable bonds is 5. The van der Waals surface area contributed by atoms with Crippen LogP contribution in [-0.4, -0.2) is 15.6 Å². The molecule has 1 saturated carbocycles. The molecule has 0 saturated heterocycles. The lowest BCUT2D eigenvalue weighted by Crippen LogP contribution is -2.12. The lowest BCUT2D eigenvalue weighted by molar-refractivity contribution is -0.384. The molecule has 1 aromatic heterocycles. The minimum absolute atomic E-state index is 0.0960. The maximum atomic E-state index is 11.1. The van der Waals surface area contributed by atoms with Gasteiger partial charge in [-0.2, -0.15) is 0 Å². The number of nitro groups is 1. The van der Waals surface area contributed by atoms with Crippen molar-refractivity contribution in [2.45, 2.75) is 33.8 Å². The van der Waals surface area contributed by atoms with E-state index in [4.69, 9.17) is 11.6 Å². The summed E-state index contributed by atoms with van der Waals surface area (Å²) in [6, 6.07) is 28.2. The molecule has 0 radical (unpaired) electrons. The number of benzene rings is 3. The van der Waals surface area contributed by atoms with Crippen molar-refractivity contribution in [2.75, 3.05) is 0 Å². The lowest BCUT2D eigenvalue weighted by atomic mass is 9.89. The van der Waals surface area contributed by atoms with Crippen LogP contribution in [0.4, 0.5) is 5.69 Å². The molecule has 2 bridgehead atoms. The Hall–Kier alpha value is -2.60. The molecule has 3 aromatic carbocycles. The van der Waals surface area contributed by atoms with Gasteiger partial charge in [0, 0.05) is 43.3 Å². The number of non-ortho nitro benzene ring substituents is 1. The average Bonchev–Trinajstić information content (AvgIpc) is 3.47. The summed E-state index contributed by atoms with van der Waals surface area (Å²) < 4.78 is 0. The molecule has 33 heavy (non-hydrogen) atoms. The molecule has 6 heteroatoms. The molecule has 0 aliphatic heterocycles. The minimum Gasteiger partial charge on any atom is -0.258 e. The number of thiophene rings is 1. The number of alkyl halides is 1. The van der Waals surface area contributed by atoms with Crippen molar-refractivity contribution in [1.82, 2.24) is 0 Å². The Kier molecular flexibility index (Phi) is 5.28. The van der Waals surface area contributed by atoms with E-state index in [0.29, 0.717) is 11.2 Å². The second-order valence-electron chi connectivity index (χ2n) is 8.54. The van der Waals surface area contributed by atoms with E-state index in [1.165, 1.54) is 32.0 Å². The Morgan fingerprint density at radius 1 is 0.848 bits per heavy atom. The van der Waals surface area contributed by atoms with Gasteiger partial charge in [0.2, 0.25) is 0 Å². The van der Waals surface area contributed by atoms with Gasteiger partial charge in [0.1, 0.15) is 0 Å². The molecule has 4 aromatic rings. The van der Waals surface area contributed by atoms with E-state index in [9.17, 15) is 10.1 Å². The fourth-order valence-electron chi connectivity index (χ4n) is 5.33. The molecule has 0 spiro atoms. The van der Waals surface area contributed by atoms with Crippen LogP contribution in [0, 0.1) is 10.1 Å². The predicted octanol–water partition coefficient (Wildman–Crippen LogP) is 8.34. The van der Waals surface area contributed by atoms with Crippen LogP contribution in [0.3, 0.4) is 0 Å². The van der Waals surface area contributed by atoms with Crippen molar-refractivity contribution in [2.24, 2.45) is 0 Å². The first-order valence-electron chi connectivity index (χ1n) is 10.9. The average molecular weight is 490 g/mol. The Labute approximate surface area is 205 Å². The number of nitro benzene ring substituents is 1. The third kappa shape index (κ3) is 3.50. The highest BCUT2D eigenvalue weighted by Crippen LogP contribution is 2.66. The number of thioether (sulfide) groups is 1. The summed E-state index contributed by atoms with van der Waals surface area (Å²) in [4.78, 5) is 14.5. The van der Waals surface area contributed by atoms with Gasteiger partial charge in [-0.15, -0.1) is 34.7 Å². The SMILES string of the molecule is O=[N+]([O-])c1ccc(SC2[C@H]3c4c(-c5ccccc5)sc(-c5ccccc5)c4[C@@H]2C[C@H]3Cl)cc1. The first-order chi connectivity index (χ1) is 16.1. The summed E-state index contributed by atoms with van der Waals surface area (Å²) >= 11 is 10.7. The monoisotopic (exact) mass is 489 g/mol. The number of hydrogen-bond donors (Lipinski definition) is 0. The molecule has 2 aliphatic carbocycles. The van der Waals surface area contributed by atoms with E-state index in [1.54, 1.807) is 12.1 Å². The van der Waals surface area contributed by atoms with Crippen LogP contribution in [0.1, 0.15) is 29.4 Å². The van der Waals surface area contributed by atoms with E-state index in [-0.39, 0.29) is 21.9 Å². The fourth-order valence-corrected chi connectivity index (χ4v) is 8.82. The zero-order valence-electron chi connectivity index (χ0n) is 17.6. The Morgan fingerprint density at radius 2 is 1.42 bits per heavy atom. The Bertz CT molecular complexity index is 1320. The van der Waals surface area contributed by atoms with E-state index in [0.717, 1.165) is 11.3 Å². The molecule has 164 valence electrons. The number of nitrogens with zero attached hydrogens (tertiary/aromatic N) is 1. The first-order valence-corrected chi connectivity index (χ1v) is 13.1. The van der Waals surface area contributed by atoms with E-state index >= 15 is 0 Å². The van der Waals surface area contributed by atoms with Crippen molar-refractivity contribution >= 4 is 40.4 Å². The highest BCUT2D eigenvalue weighted by molar-refractivity contribution is 8.00. The maximum absolute atomic E-state index is 11.1. The highest BCUT2D eigenvalue weighted by atomic mass is 35.5. The molecule has 4 atom stereocenters. The van der Waals surface area contributed by atoms with Crippen LogP contribution in [-0.2, 0) is 0 Å². The van der Waals surface area contributed by atoms with Gasteiger partial charge in [-0.1, -0.05) is 60.7 Å². The summed E-state index contributed by atoms with van der Waals surface area (Å²) in [7, 11) is 0. The minimum atomic E-state index is -0.349. The summed E-state index contributed by atoms with van der Waals surface area (Å²) in [5, 5.41) is 11.5. The smallest absolute Gasteiger partial charge is 0.258 e. The standard InChI is InChI=1S/C27H20ClNO2S2/c28-21-15-20-22-24(23(21)27(20)32-19-13-11-18(12-14-19)29(30)31)26(17-9-5-2-6-10-17)33-25(22)16-7-3-1-4-8-16/h1-14,20-21,23,27H,15H2/t20-,21+,23+,27?/m0/s1. The predicted molar refractivity (Wildman–Crippen MR) is 138 cm³/mol. The topological polar surface area (TPSA) is 43.1 Å².